The maximum absolute atomic E-state index is 12.0. The average Bonchev–Trinajstić information content (AvgIpc) is 2.95. The first-order valence-electron chi connectivity index (χ1n) is 6.21. The van der Waals surface area contributed by atoms with Gasteiger partial charge in [0.2, 0.25) is 0 Å². The van der Waals surface area contributed by atoms with Gasteiger partial charge in [0.15, 0.2) is 5.69 Å². The first-order valence-corrected chi connectivity index (χ1v) is 6.21. The summed E-state index contributed by atoms with van der Waals surface area (Å²) in [6, 6.07) is 0.243. The van der Waals surface area contributed by atoms with Crippen LogP contribution < -0.4 is 11.1 Å². The normalized spacial score (nSPS) is 10.9. The molecular weight excluding hydrogens is 244 g/mol. The minimum atomic E-state index is -0.336. The molecule has 2 rings (SSSR count). The molecule has 1 amide bonds. The number of hydrogen-bond acceptors (Lipinski definition) is 4. The van der Waals surface area contributed by atoms with Crippen molar-refractivity contribution in [2.75, 3.05) is 11.1 Å². The van der Waals surface area contributed by atoms with Gasteiger partial charge in [0, 0.05) is 12.2 Å². The number of anilines is 2. The van der Waals surface area contributed by atoms with E-state index in [4.69, 9.17) is 5.73 Å². The highest BCUT2D eigenvalue weighted by atomic mass is 16.2. The second-order valence-electron chi connectivity index (χ2n) is 4.57. The lowest BCUT2D eigenvalue weighted by Crippen LogP contribution is -2.14. The molecule has 0 unspecified atom stereocenters. The van der Waals surface area contributed by atoms with E-state index < -0.39 is 0 Å². The molecule has 0 aromatic carbocycles. The first kappa shape index (κ1) is 13.1. The zero-order valence-electron chi connectivity index (χ0n) is 11.3. The van der Waals surface area contributed by atoms with Gasteiger partial charge in [-0.1, -0.05) is 6.92 Å². The largest absolute Gasteiger partial charge is 0.395 e. The Morgan fingerprint density at radius 1 is 1.58 bits per heavy atom. The van der Waals surface area contributed by atoms with Gasteiger partial charge in [0.25, 0.3) is 5.91 Å². The van der Waals surface area contributed by atoms with E-state index in [9.17, 15) is 4.79 Å². The molecule has 0 saturated heterocycles. The lowest BCUT2D eigenvalue weighted by Gasteiger charge is -2.03. The molecule has 4 N–H and O–H groups in total. The van der Waals surface area contributed by atoms with E-state index in [1.807, 2.05) is 20.8 Å². The summed E-state index contributed by atoms with van der Waals surface area (Å²) >= 11 is 0. The van der Waals surface area contributed by atoms with Gasteiger partial charge < -0.3 is 11.1 Å². The van der Waals surface area contributed by atoms with Crippen LogP contribution in [-0.2, 0) is 6.42 Å². The van der Waals surface area contributed by atoms with Gasteiger partial charge in [-0.25, -0.2) is 0 Å². The molecule has 7 heteroatoms. The summed E-state index contributed by atoms with van der Waals surface area (Å²) in [5.74, 6) is -0.336. The molecule has 0 atom stereocenters. The number of rotatable bonds is 4. The molecule has 0 fully saturated rings. The number of carbonyl (C=O) groups excluding carboxylic acids is 1. The Bertz CT molecular complexity index is 583. The molecule has 0 spiro atoms. The van der Waals surface area contributed by atoms with Crippen LogP contribution in [0, 0.1) is 0 Å². The number of amides is 1. The summed E-state index contributed by atoms with van der Waals surface area (Å²) in [4.78, 5) is 12.0. The van der Waals surface area contributed by atoms with Crippen molar-refractivity contribution in [2.45, 2.75) is 33.2 Å². The molecule has 19 heavy (non-hydrogen) atoms. The number of carbonyl (C=O) groups is 1. The molecule has 0 radical (unpaired) electrons. The highest BCUT2D eigenvalue weighted by Gasteiger charge is 2.17. The van der Waals surface area contributed by atoms with Crippen LogP contribution in [-0.4, -0.2) is 25.9 Å². The molecule has 2 aromatic rings. The third-order valence-electron chi connectivity index (χ3n) is 2.84. The fraction of sp³-hybridized carbons (Fsp3) is 0.417. The van der Waals surface area contributed by atoms with Gasteiger partial charge in [0.05, 0.1) is 23.3 Å². The predicted octanol–water partition coefficient (Wildman–Crippen LogP) is 1.58. The van der Waals surface area contributed by atoms with E-state index in [2.05, 4.69) is 20.6 Å². The lowest BCUT2D eigenvalue weighted by atomic mass is 10.2. The van der Waals surface area contributed by atoms with Crippen LogP contribution in [0.25, 0.3) is 0 Å². The van der Waals surface area contributed by atoms with Crippen molar-refractivity contribution in [2.24, 2.45) is 0 Å². The van der Waals surface area contributed by atoms with E-state index >= 15 is 0 Å². The van der Waals surface area contributed by atoms with Crippen molar-refractivity contribution in [3.63, 3.8) is 0 Å². The summed E-state index contributed by atoms with van der Waals surface area (Å²) in [7, 11) is 0. The minimum Gasteiger partial charge on any atom is -0.395 e. The SMILES string of the molecule is CCc1[nH]nc(C(=O)Nc2cnn(C(C)C)c2)c1N. The standard InChI is InChI=1S/C12H18N6O/c1-4-9-10(13)11(17-16-9)12(19)15-8-5-14-18(6-8)7(2)3/h5-7H,4,13H2,1-3H3,(H,15,19)(H,16,17). The van der Waals surface area contributed by atoms with Gasteiger partial charge in [-0.05, 0) is 20.3 Å². The second-order valence-corrected chi connectivity index (χ2v) is 4.57. The molecule has 0 bridgehead atoms. The summed E-state index contributed by atoms with van der Waals surface area (Å²) in [6.07, 6.45) is 4.07. The van der Waals surface area contributed by atoms with Crippen molar-refractivity contribution in [1.29, 1.82) is 0 Å². The smallest absolute Gasteiger partial charge is 0.278 e. The maximum Gasteiger partial charge on any atom is 0.278 e. The Morgan fingerprint density at radius 2 is 2.32 bits per heavy atom. The zero-order valence-corrected chi connectivity index (χ0v) is 11.3. The zero-order chi connectivity index (χ0) is 14.0. The monoisotopic (exact) mass is 262 g/mol. The number of nitrogens with two attached hydrogens (primary N) is 1. The summed E-state index contributed by atoms with van der Waals surface area (Å²) in [5.41, 5.74) is 7.85. The van der Waals surface area contributed by atoms with Crippen LogP contribution in [0.3, 0.4) is 0 Å². The predicted molar refractivity (Wildman–Crippen MR) is 72.9 cm³/mol. The quantitative estimate of drug-likeness (QED) is 0.778. The van der Waals surface area contributed by atoms with Crippen molar-refractivity contribution in [1.82, 2.24) is 20.0 Å². The van der Waals surface area contributed by atoms with Gasteiger partial charge in [-0.3, -0.25) is 14.6 Å². The van der Waals surface area contributed by atoms with Crippen LogP contribution in [0.5, 0.6) is 0 Å². The molecule has 7 nitrogen and oxygen atoms in total. The van der Waals surface area contributed by atoms with Crippen LogP contribution >= 0.6 is 0 Å². The van der Waals surface area contributed by atoms with Crippen LogP contribution in [0.1, 0.15) is 43.0 Å². The Balaban J connectivity index is 2.13. The van der Waals surface area contributed by atoms with Gasteiger partial charge >= 0.3 is 0 Å². The third kappa shape index (κ3) is 2.59. The Kier molecular flexibility index (Phi) is 3.55. The fourth-order valence-electron chi connectivity index (χ4n) is 1.70. The molecule has 2 aromatic heterocycles. The number of hydrogen-bond donors (Lipinski definition) is 3. The third-order valence-corrected chi connectivity index (χ3v) is 2.84. The van der Waals surface area contributed by atoms with Crippen LogP contribution in [0.15, 0.2) is 12.4 Å². The van der Waals surface area contributed by atoms with Crippen molar-refractivity contribution in [3.8, 4) is 0 Å². The second kappa shape index (κ2) is 5.13. The van der Waals surface area contributed by atoms with Crippen LogP contribution in [0.2, 0.25) is 0 Å². The number of aromatic nitrogens is 4. The topological polar surface area (TPSA) is 102 Å². The molecular formula is C12H18N6O. The summed E-state index contributed by atoms with van der Waals surface area (Å²) < 4.78 is 1.76. The van der Waals surface area contributed by atoms with E-state index in [-0.39, 0.29) is 17.6 Å². The van der Waals surface area contributed by atoms with Crippen molar-refractivity contribution in [3.05, 3.63) is 23.8 Å². The van der Waals surface area contributed by atoms with Gasteiger partial charge in [0.1, 0.15) is 0 Å². The molecule has 0 aliphatic heterocycles. The number of nitrogens with zero attached hydrogens (tertiary/aromatic N) is 3. The van der Waals surface area contributed by atoms with Gasteiger partial charge in [-0.15, -0.1) is 0 Å². The number of nitrogens with one attached hydrogen (secondary N) is 2. The highest BCUT2D eigenvalue weighted by molar-refractivity contribution is 6.06. The highest BCUT2D eigenvalue weighted by Crippen LogP contribution is 2.17. The summed E-state index contributed by atoms with van der Waals surface area (Å²) in [5, 5.41) is 13.6. The average molecular weight is 262 g/mol. The Labute approximate surface area is 111 Å². The van der Waals surface area contributed by atoms with E-state index in [0.717, 1.165) is 5.69 Å². The van der Waals surface area contributed by atoms with E-state index in [0.29, 0.717) is 17.8 Å². The maximum atomic E-state index is 12.0. The Morgan fingerprint density at radius 3 is 2.84 bits per heavy atom. The lowest BCUT2D eigenvalue weighted by molar-refractivity contribution is 0.102. The number of aryl methyl sites for hydroxylation is 1. The number of nitrogen functional groups attached to an aromatic ring is 1. The Hall–Kier alpha value is -2.31. The first-order chi connectivity index (χ1) is 9.02. The molecule has 0 saturated carbocycles. The van der Waals surface area contributed by atoms with E-state index in [1.54, 1.807) is 17.1 Å². The number of H-pyrrole nitrogens is 1. The van der Waals surface area contributed by atoms with Crippen molar-refractivity contribution >= 4 is 17.3 Å². The van der Waals surface area contributed by atoms with Crippen LogP contribution in [0.4, 0.5) is 11.4 Å². The van der Waals surface area contributed by atoms with E-state index in [1.165, 1.54) is 0 Å². The number of aromatic amines is 1. The molecule has 2 heterocycles. The summed E-state index contributed by atoms with van der Waals surface area (Å²) in [6.45, 7) is 5.97. The fourth-order valence-corrected chi connectivity index (χ4v) is 1.70. The molecule has 102 valence electrons. The van der Waals surface area contributed by atoms with Gasteiger partial charge in [-0.2, -0.15) is 10.2 Å². The molecule has 0 aliphatic rings. The minimum absolute atomic E-state index is 0.217. The molecule has 0 aliphatic carbocycles. The van der Waals surface area contributed by atoms with Crippen molar-refractivity contribution < 1.29 is 4.79 Å².